The highest BCUT2D eigenvalue weighted by Gasteiger charge is 2.26. The van der Waals surface area contributed by atoms with E-state index in [9.17, 15) is 0 Å². The molecule has 1 aromatic heterocycles. The van der Waals surface area contributed by atoms with Crippen LogP contribution in [0.4, 0.5) is 0 Å². The number of fused-ring (bicyclic) bond motifs is 1. The van der Waals surface area contributed by atoms with Crippen molar-refractivity contribution in [1.82, 2.24) is 9.88 Å². The van der Waals surface area contributed by atoms with Gasteiger partial charge in [-0.3, -0.25) is 0 Å². The van der Waals surface area contributed by atoms with Gasteiger partial charge in [-0.1, -0.05) is 18.2 Å². The number of aromatic amines is 1. The van der Waals surface area contributed by atoms with Gasteiger partial charge in [0.05, 0.1) is 0 Å². The molecule has 18 heavy (non-hydrogen) atoms. The van der Waals surface area contributed by atoms with Gasteiger partial charge >= 0.3 is 0 Å². The summed E-state index contributed by atoms with van der Waals surface area (Å²) in [7, 11) is 0. The van der Waals surface area contributed by atoms with E-state index in [4.69, 9.17) is 5.73 Å². The Hall–Kier alpha value is -1.32. The smallest absolute Gasteiger partial charge is 0.0458 e. The monoisotopic (exact) mass is 243 g/mol. The van der Waals surface area contributed by atoms with Crippen LogP contribution in [0.15, 0.2) is 24.3 Å². The molecule has 1 unspecified atom stereocenters. The Bertz CT molecular complexity index is 544. The summed E-state index contributed by atoms with van der Waals surface area (Å²) in [4.78, 5) is 5.99. The average Bonchev–Trinajstić information content (AvgIpc) is 2.92. The van der Waals surface area contributed by atoms with Crippen molar-refractivity contribution in [3.8, 4) is 0 Å². The van der Waals surface area contributed by atoms with Gasteiger partial charge in [0.1, 0.15) is 0 Å². The molecule has 1 saturated heterocycles. The highest BCUT2D eigenvalue weighted by atomic mass is 15.1. The molecule has 0 aliphatic carbocycles. The van der Waals surface area contributed by atoms with Gasteiger partial charge in [-0.2, -0.15) is 0 Å². The fourth-order valence-electron chi connectivity index (χ4n) is 3.28. The number of likely N-dealkylation sites (tertiary alicyclic amines) is 1. The fraction of sp³-hybridized carbons (Fsp3) is 0.467. The van der Waals surface area contributed by atoms with Crippen molar-refractivity contribution in [2.75, 3.05) is 26.2 Å². The van der Waals surface area contributed by atoms with Gasteiger partial charge in [-0.25, -0.2) is 0 Å². The molecule has 2 heterocycles. The van der Waals surface area contributed by atoms with Crippen LogP contribution in [0, 0.1) is 6.92 Å². The molecular formula is C15H21N3. The molecule has 0 saturated carbocycles. The minimum Gasteiger partial charge on any atom is -0.358 e. The van der Waals surface area contributed by atoms with Gasteiger partial charge in [0, 0.05) is 42.1 Å². The average molecular weight is 243 g/mol. The van der Waals surface area contributed by atoms with E-state index in [1.54, 1.807) is 0 Å². The lowest BCUT2D eigenvalue weighted by Gasteiger charge is -2.15. The van der Waals surface area contributed by atoms with E-state index in [-0.39, 0.29) is 0 Å². The van der Waals surface area contributed by atoms with Crippen molar-refractivity contribution in [2.45, 2.75) is 19.3 Å². The van der Waals surface area contributed by atoms with Crippen LogP contribution in [0.3, 0.4) is 0 Å². The third-order valence-electron chi connectivity index (χ3n) is 4.07. The number of H-pyrrole nitrogens is 1. The molecule has 0 bridgehead atoms. The van der Waals surface area contributed by atoms with Gasteiger partial charge in [-0.05, 0) is 31.5 Å². The Labute approximate surface area is 108 Å². The maximum Gasteiger partial charge on any atom is 0.0458 e. The maximum atomic E-state index is 5.65. The van der Waals surface area contributed by atoms with Crippen molar-refractivity contribution >= 4 is 10.9 Å². The van der Waals surface area contributed by atoms with Crippen molar-refractivity contribution in [3.05, 3.63) is 35.5 Å². The van der Waals surface area contributed by atoms with E-state index in [1.165, 1.54) is 35.1 Å². The Morgan fingerprint density at radius 3 is 3.06 bits per heavy atom. The topological polar surface area (TPSA) is 45.0 Å². The van der Waals surface area contributed by atoms with Crippen LogP contribution in [-0.4, -0.2) is 36.1 Å². The SMILES string of the molecule is Cc1[nH]c2ccccc2c1C1CCN(CCN)C1. The lowest BCUT2D eigenvalue weighted by Crippen LogP contribution is -2.27. The summed E-state index contributed by atoms with van der Waals surface area (Å²) in [6.07, 6.45) is 1.25. The van der Waals surface area contributed by atoms with Crippen molar-refractivity contribution in [1.29, 1.82) is 0 Å². The van der Waals surface area contributed by atoms with Crippen LogP contribution >= 0.6 is 0 Å². The number of nitrogens with zero attached hydrogens (tertiary/aromatic N) is 1. The first-order valence-electron chi connectivity index (χ1n) is 6.79. The summed E-state index contributed by atoms with van der Waals surface area (Å²) in [6.45, 7) is 6.32. The number of nitrogens with one attached hydrogen (secondary N) is 1. The van der Waals surface area contributed by atoms with Gasteiger partial charge in [0.25, 0.3) is 0 Å². The zero-order valence-electron chi connectivity index (χ0n) is 10.9. The summed E-state index contributed by atoms with van der Waals surface area (Å²) in [6, 6.07) is 8.63. The number of hydrogen-bond donors (Lipinski definition) is 2. The molecule has 0 amide bonds. The maximum absolute atomic E-state index is 5.65. The lowest BCUT2D eigenvalue weighted by molar-refractivity contribution is 0.344. The normalized spacial score (nSPS) is 20.9. The molecule has 96 valence electrons. The van der Waals surface area contributed by atoms with E-state index >= 15 is 0 Å². The standard InChI is InChI=1S/C15H21N3/c1-11-15(12-6-8-18(10-12)9-7-16)13-4-2-3-5-14(13)17-11/h2-5,12,17H,6-10,16H2,1H3. The summed E-state index contributed by atoms with van der Waals surface area (Å²) in [5, 5.41) is 1.40. The van der Waals surface area contributed by atoms with Crippen molar-refractivity contribution in [2.24, 2.45) is 5.73 Å². The Balaban J connectivity index is 1.93. The number of para-hydroxylation sites is 1. The van der Waals surface area contributed by atoms with Crippen LogP contribution in [-0.2, 0) is 0 Å². The first-order valence-corrected chi connectivity index (χ1v) is 6.79. The van der Waals surface area contributed by atoms with E-state index in [0.29, 0.717) is 5.92 Å². The molecule has 0 radical (unpaired) electrons. The molecule has 3 rings (SSSR count). The minimum absolute atomic E-state index is 0.660. The van der Waals surface area contributed by atoms with E-state index in [1.807, 2.05) is 0 Å². The zero-order chi connectivity index (χ0) is 12.5. The number of aromatic nitrogens is 1. The second kappa shape index (κ2) is 4.75. The third kappa shape index (κ3) is 1.93. The van der Waals surface area contributed by atoms with Crippen LogP contribution in [0.2, 0.25) is 0 Å². The van der Waals surface area contributed by atoms with Crippen molar-refractivity contribution < 1.29 is 0 Å². The lowest BCUT2D eigenvalue weighted by atomic mass is 9.95. The molecule has 1 aromatic carbocycles. The Morgan fingerprint density at radius 2 is 2.22 bits per heavy atom. The van der Waals surface area contributed by atoms with Gasteiger partial charge in [-0.15, -0.1) is 0 Å². The number of rotatable bonds is 3. The number of benzene rings is 1. The molecule has 3 N–H and O–H groups in total. The zero-order valence-corrected chi connectivity index (χ0v) is 10.9. The number of hydrogen-bond acceptors (Lipinski definition) is 2. The number of aryl methyl sites for hydroxylation is 1. The first-order chi connectivity index (χ1) is 8.79. The fourth-order valence-corrected chi connectivity index (χ4v) is 3.28. The molecule has 3 nitrogen and oxygen atoms in total. The second-order valence-electron chi connectivity index (χ2n) is 5.28. The first kappa shape index (κ1) is 11.8. The molecule has 1 aliphatic heterocycles. The van der Waals surface area contributed by atoms with E-state index in [0.717, 1.165) is 19.6 Å². The summed E-state index contributed by atoms with van der Waals surface area (Å²) < 4.78 is 0. The summed E-state index contributed by atoms with van der Waals surface area (Å²) in [5.41, 5.74) is 9.76. The Morgan fingerprint density at radius 1 is 1.39 bits per heavy atom. The highest BCUT2D eigenvalue weighted by Crippen LogP contribution is 2.34. The molecule has 1 fully saturated rings. The highest BCUT2D eigenvalue weighted by molar-refractivity contribution is 5.85. The van der Waals surface area contributed by atoms with Gasteiger partial charge in [0.2, 0.25) is 0 Å². The van der Waals surface area contributed by atoms with Gasteiger partial charge < -0.3 is 15.6 Å². The predicted octanol–water partition coefficient (Wildman–Crippen LogP) is 2.22. The molecular weight excluding hydrogens is 222 g/mol. The molecule has 0 spiro atoms. The minimum atomic E-state index is 0.660. The van der Waals surface area contributed by atoms with E-state index < -0.39 is 0 Å². The van der Waals surface area contributed by atoms with Gasteiger partial charge in [0.15, 0.2) is 0 Å². The molecule has 3 heteroatoms. The number of nitrogens with two attached hydrogens (primary N) is 1. The second-order valence-corrected chi connectivity index (χ2v) is 5.28. The van der Waals surface area contributed by atoms with E-state index in [2.05, 4.69) is 41.1 Å². The Kier molecular flexibility index (Phi) is 3.10. The van der Waals surface area contributed by atoms with Crippen LogP contribution in [0.1, 0.15) is 23.6 Å². The largest absolute Gasteiger partial charge is 0.358 e. The van der Waals surface area contributed by atoms with Crippen LogP contribution < -0.4 is 5.73 Å². The summed E-state index contributed by atoms with van der Waals surface area (Å²) in [5.74, 6) is 0.660. The molecule has 1 atom stereocenters. The molecule has 1 aliphatic rings. The third-order valence-corrected chi connectivity index (χ3v) is 4.07. The van der Waals surface area contributed by atoms with Crippen LogP contribution in [0.25, 0.3) is 10.9 Å². The predicted molar refractivity (Wildman–Crippen MR) is 75.9 cm³/mol. The van der Waals surface area contributed by atoms with Crippen molar-refractivity contribution in [3.63, 3.8) is 0 Å². The van der Waals surface area contributed by atoms with Crippen LogP contribution in [0.5, 0.6) is 0 Å². The molecule has 2 aromatic rings. The quantitative estimate of drug-likeness (QED) is 0.868. The summed E-state index contributed by atoms with van der Waals surface area (Å²) >= 11 is 0.